The summed E-state index contributed by atoms with van der Waals surface area (Å²) < 4.78 is 11.7. The van der Waals surface area contributed by atoms with E-state index >= 15 is 0 Å². The number of fused-ring (bicyclic) bond motifs is 1. The molecule has 0 atom stereocenters. The van der Waals surface area contributed by atoms with Gasteiger partial charge in [0.25, 0.3) is 5.91 Å². The number of amides is 1. The van der Waals surface area contributed by atoms with Gasteiger partial charge in [-0.1, -0.05) is 42.5 Å². The Morgan fingerprint density at radius 2 is 1.93 bits per heavy atom. The molecule has 0 aromatic heterocycles. The third-order valence-corrected chi connectivity index (χ3v) is 4.70. The number of ether oxygens (including phenoxy) is 2. The van der Waals surface area contributed by atoms with Crippen LogP contribution in [0.5, 0.6) is 11.5 Å². The van der Waals surface area contributed by atoms with Crippen molar-refractivity contribution < 1.29 is 14.3 Å². The second kappa shape index (κ2) is 9.06. The van der Waals surface area contributed by atoms with Crippen molar-refractivity contribution in [3.05, 3.63) is 70.7 Å². The summed E-state index contributed by atoms with van der Waals surface area (Å²) in [5, 5.41) is 13.5. The molecule has 0 spiro atoms. The molecule has 0 unspecified atom stereocenters. The number of carbonyl (C=O) groups excluding carboxylic acids is 1. The molecule has 6 heteroatoms. The smallest absolute Gasteiger partial charge is 0.258 e. The summed E-state index contributed by atoms with van der Waals surface area (Å²) in [6.45, 7) is 0.261. The monoisotopic (exact) mass is 424 g/mol. The molecule has 0 aliphatic carbocycles. The number of carbonyl (C=O) groups is 1. The molecule has 3 aromatic carbocycles. The minimum Gasteiger partial charge on any atom is -0.483 e. The Kier molecular flexibility index (Phi) is 6.29. The van der Waals surface area contributed by atoms with Gasteiger partial charge < -0.3 is 14.8 Å². The summed E-state index contributed by atoms with van der Waals surface area (Å²) in [7, 11) is 0. The molecule has 3 aromatic rings. The molecule has 3 rings (SSSR count). The summed E-state index contributed by atoms with van der Waals surface area (Å²) in [5.74, 6) is 0.994. The maximum Gasteiger partial charge on any atom is 0.258 e. The van der Waals surface area contributed by atoms with Crippen molar-refractivity contribution in [2.75, 3.05) is 13.2 Å². The van der Waals surface area contributed by atoms with E-state index in [-0.39, 0.29) is 19.1 Å². The number of rotatable bonds is 7. The molecular weight excluding hydrogens is 408 g/mol. The topological polar surface area (TPSA) is 71.3 Å². The predicted octanol–water partition coefficient (Wildman–Crippen LogP) is 4.20. The summed E-state index contributed by atoms with van der Waals surface area (Å²) in [6.07, 6.45) is 0. The van der Waals surface area contributed by atoms with Gasteiger partial charge in [-0.05, 0) is 50.5 Å². The Labute approximate surface area is 165 Å². The number of nitrogens with zero attached hydrogens (tertiary/aromatic N) is 1. The normalized spacial score (nSPS) is 10.2. The van der Waals surface area contributed by atoms with Crippen molar-refractivity contribution in [1.29, 1.82) is 5.26 Å². The highest BCUT2D eigenvalue weighted by Crippen LogP contribution is 2.32. The van der Waals surface area contributed by atoms with Crippen LogP contribution in [0.3, 0.4) is 0 Å². The van der Waals surface area contributed by atoms with E-state index in [1.54, 1.807) is 12.1 Å². The molecule has 5 nitrogen and oxygen atoms in total. The van der Waals surface area contributed by atoms with Crippen LogP contribution in [0.25, 0.3) is 10.8 Å². The van der Waals surface area contributed by atoms with Crippen LogP contribution in [0, 0.1) is 11.3 Å². The Morgan fingerprint density at radius 3 is 2.78 bits per heavy atom. The van der Waals surface area contributed by atoms with E-state index in [1.807, 2.05) is 54.6 Å². The average Bonchev–Trinajstić information content (AvgIpc) is 2.71. The minimum atomic E-state index is -0.224. The fourth-order valence-electron chi connectivity index (χ4n) is 2.58. The van der Waals surface area contributed by atoms with Crippen molar-refractivity contribution in [3.63, 3.8) is 0 Å². The standard InChI is InChI=1S/C21H17BrN2O3/c22-21-18-7-2-1-5-16(18)8-9-19(21)27-14-20(25)24-13-15-4-3-6-17(12-15)26-11-10-23/h1-9,12H,11,13-14H2,(H,24,25). The molecule has 0 fully saturated rings. The lowest BCUT2D eigenvalue weighted by atomic mass is 10.1. The van der Waals surface area contributed by atoms with E-state index < -0.39 is 0 Å². The fraction of sp³-hybridized carbons (Fsp3) is 0.143. The van der Waals surface area contributed by atoms with Gasteiger partial charge in [0.05, 0.1) is 4.47 Å². The number of halogens is 1. The third kappa shape index (κ3) is 4.99. The Hall–Kier alpha value is -3.04. The molecular formula is C21H17BrN2O3. The third-order valence-electron chi connectivity index (χ3n) is 3.88. The SMILES string of the molecule is N#CCOc1cccc(CNC(=O)COc2ccc3ccccc3c2Br)c1. The van der Waals surface area contributed by atoms with Crippen molar-refractivity contribution in [1.82, 2.24) is 5.32 Å². The van der Waals surface area contributed by atoms with Crippen LogP contribution in [-0.4, -0.2) is 19.1 Å². The molecule has 0 saturated carbocycles. The van der Waals surface area contributed by atoms with Gasteiger partial charge in [-0.2, -0.15) is 5.26 Å². The first-order valence-electron chi connectivity index (χ1n) is 8.33. The van der Waals surface area contributed by atoms with Crippen molar-refractivity contribution in [2.24, 2.45) is 0 Å². The van der Waals surface area contributed by atoms with Gasteiger partial charge in [-0.15, -0.1) is 0 Å². The van der Waals surface area contributed by atoms with Gasteiger partial charge in [0.15, 0.2) is 13.2 Å². The summed E-state index contributed by atoms with van der Waals surface area (Å²) in [6, 6.07) is 20.9. The number of nitriles is 1. The molecule has 1 amide bonds. The molecule has 136 valence electrons. The first-order valence-corrected chi connectivity index (χ1v) is 9.12. The second-order valence-electron chi connectivity index (χ2n) is 5.76. The molecule has 0 bridgehead atoms. The zero-order valence-corrected chi connectivity index (χ0v) is 16.0. The van der Waals surface area contributed by atoms with E-state index in [2.05, 4.69) is 21.2 Å². The van der Waals surface area contributed by atoms with Gasteiger partial charge in [-0.3, -0.25) is 4.79 Å². The number of nitrogens with one attached hydrogen (secondary N) is 1. The summed E-state index contributed by atoms with van der Waals surface area (Å²) in [4.78, 5) is 12.1. The van der Waals surface area contributed by atoms with Crippen LogP contribution < -0.4 is 14.8 Å². The zero-order chi connectivity index (χ0) is 19.1. The zero-order valence-electron chi connectivity index (χ0n) is 14.4. The van der Waals surface area contributed by atoms with Crippen LogP contribution in [0.4, 0.5) is 0 Å². The highest BCUT2D eigenvalue weighted by Gasteiger charge is 2.09. The van der Waals surface area contributed by atoms with E-state index in [9.17, 15) is 4.79 Å². The molecule has 27 heavy (non-hydrogen) atoms. The Bertz CT molecular complexity index is 998. The first kappa shape index (κ1) is 18.7. The van der Waals surface area contributed by atoms with Crippen molar-refractivity contribution >= 4 is 32.6 Å². The van der Waals surface area contributed by atoms with E-state index in [0.29, 0.717) is 18.0 Å². The van der Waals surface area contributed by atoms with Crippen molar-refractivity contribution in [3.8, 4) is 17.6 Å². The van der Waals surface area contributed by atoms with Gasteiger partial charge in [-0.25, -0.2) is 0 Å². The lowest BCUT2D eigenvalue weighted by Gasteiger charge is -2.11. The molecule has 0 heterocycles. The lowest BCUT2D eigenvalue weighted by Crippen LogP contribution is -2.28. The quantitative estimate of drug-likeness (QED) is 0.616. The van der Waals surface area contributed by atoms with Crippen LogP contribution in [0.15, 0.2) is 65.1 Å². The molecule has 0 radical (unpaired) electrons. The predicted molar refractivity (Wildman–Crippen MR) is 107 cm³/mol. The molecule has 0 aliphatic heterocycles. The Morgan fingerprint density at radius 1 is 1.07 bits per heavy atom. The van der Waals surface area contributed by atoms with Crippen LogP contribution in [0.1, 0.15) is 5.56 Å². The highest BCUT2D eigenvalue weighted by atomic mass is 79.9. The minimum absolute atomic E-state index is 0.00963. The lowest BCUT2D eigenvalue weighted by molar-refractivity contribution is -0.123. The van der Waals surface area contributed by atoms with Gasteiger partial charge in [0.2, 0.25) is 0 Å². The number of benzene rings is 3. The van der Waals surface area contributed by atoms with Gasteiger partial charge in [0, 0.05) is 6.54 Å². The maximum absolute atomic E-state index is 12.1. The van der Waals surface area contributed by atoms with E-state index in [4.69, 9.17) is 14.7 Å². The summed E-state index contributed by atoms with van der Waals surface area (Å²) in [5.41, 5.74) is 0.880. The van der Waals surface area contributed by atoms with Crippen LogP contribution in [0.2, 0.25) is 0 Å². The first-order chi connectivity index (χ1) is 13.2. The van der Waals surface area contributed by atoms with Gasteiger partial charge in [0.1, 0.15) is 17.6 Å². The number of hydrogen-bond donors (Lipinski definition) is 1. The highest BCUT2D eigenvalue weighted by molar-refractivity contribution is 9.10. The largest absolute Gasteiger partial charge is 0.483 e. The van der Waals surface area contributed by atoms with Crippen LogP contribution in [-0.2, 0) is 11.3 Å². The molecule has 0 aliphatic rings. The van der Waals surface area contributed by atoms with E-state index in [0.717, 1.165) is 20.8 Å². The molecule has 0 saturated heterocycles. The van der Waals surface area contributed by atoms with Gasteiger partial charge >= 0.3 is 0 Å². The van der Waals surface area contributed by atoms with E-state index in [1.165, 1.54) is 0 Å². The van der Waals surface area contributed by atoms with Crippen molar-refractivity contribution in [2.45, 2.75) is 6.54 Å². The summed E-state index contributed by atoms with van der Waals surface area (Å²) >= 11 is 3.54. The maximum atomic E-state index is 12.1. The Balaban J connectivity index is 1.55. The molecule has 1 N–H and O–H groups in total. The van der Waals surface area contributed by atoms with Crippen LogP contribution >= 0.6 is 15.9 Å². The fourth-order valence-corrected chi connectivity index (χ4v) is 3.19. The average molecular weight is 425 g/mol. The second-order valence-corrected chi connectivity index (χ2v) is 6.55. The number of hydrogen-bond acceptors (Lipinski definition) is 4.